The Hall–Kier alpha value is -2.62. The zero-order valence-corrected chi connectivity index (χ0v) is 15.3. The van der Waals surface area contributed by atoms with Crippen molar-refractivity contribution in [2.75, 3.05) is 11.9 Å². The largest absolute Gasteiger partial charge is 0.417 e. The van der Waals surface area contributed by atoms with Crippen LogP contribution in [-0.4, -0.2) is 20.1 Å². The molecule has 0 aliphatic rings. The molecule has 0 aromatic heterocycles. The minimum atomic E-state index is -4.89. The molecule has 5 nitrogen and oxygen atoms in total. The summed E-state index contributed by atoms with van der Waals surface area (Å²) in [6.07, 6.45) is -5.87. The van der Waals surface area contributed by atoms with Gasteiger partial charge in [-0.3, -0.25) is 0 Å². The number of aliphatic hydroxyl groups excluding tert-OH is 1. The third kappa shape index (κ3) is 4.44. The highest BCUT2D eigenvalue weighted by molar-refractivity contribution is 7.89. The summed E-state index contributed by atoms with van der Waals surface area (Å²) in [5.41, 5.74) is -0.747. The number of sulfonamides is 1. The number of primary sulfonamides is 1. The molecule has 0 aliphatic heterocycles. The summed E-state index contributed by atoms with van der Waals surface area (Å²) in [5, 5.41) is 19.8. The molecule has 1 atom stereocenters. The molecule has 0 saturated heterocycles. The highest BCUT2D eigenvalue weighted by Gasteiger charge is 2.36. The van der Waals surface area contributed by atoms with Gasteiger partial charge >= 0.3 is 6.18 Å². The molecule has 9 heteroatoms. The predicted molar refractivity (Wildman–Crippen MR) is 100 cm³/mol. The minimum absolute atomic E-state index is 0.0135. The standard InChI is InChI=1S/C19H17F3N2O3S/c20-19(21,22)16-10-15(7-8-18(16)28(23,26)27)24-11-17(25)14-6-5-12-3-1-2-4-13(12)9-14/h1-10,17,24-25H,11H2,(H2,23,26,27). The predicted octanol–water partition coefficient (Wildman–Crippen LogP) is 3.65. The van der Waals surface area contributed by atoms with E-state index in [9.17, 15) is 26.7 Å². The fourth-order valence-corrected chi connectivity index (χ4v) is 3.60. The first-order chi connectivity index (χ1) is 13.1. The van der Waals surface area contributed by atoms with Crippen LogP contribution in [0.25, 0.3) is 10.8 Å². The second kappa shape index (κ2) is 7.42. The highest BCUT2D eigenvalue weighted by atomic mass is 32.2. The molecule has 0 spiro atoms. The second-order valence-electron chi connectivity index (χ2n) is 6.26. The van der Waals surface area contributed by atoms with E-state index >= 15 is 0 Å². The van der Waals surface area contributed by atoms with Crippen molar-refractivity contribution in [2.24, 2.45) is 5.14 Å². The average molecular weight is 410 g/mol. The number of nitrogens with one attached hydrogen (secondary N) is 1. The maximum absolute atomic E-state index is 13.2. The zero-order chi connectivity index (χ0) is 20.5. The van der Waals surface area contributed by atoms with Crippen LogP contribution in [-0.2, 0) is 16.2 Å². The molecule has 1 unspecified atom stereocenters. The minimum Gasteiger partial charge on any atom is -0.387 e. The van der Waals surface area contributed by atoms with E-state index in [0.717, 1.165) is 16.8 Å². The quantitative estimate of drug-likeness (QED) is 0.599. The summed E-state index contributed by atoms with van der Waals surface area (Å²) < 4.78 is 62.3. The van der Waals surface area contributed by atoms with Gasteiger partial charge in [0.15, 0.2) is 0 Å². The molecule has 148 valence electrons. The molecule has 0 bridgehead atoms. The van der Waals surface area contributed by atoms with Gasteiger partial charge in [-0.15, -0.1) is 0 Å². The first-order valence-electron chi connectivity index (χ1n) is 8.20. The first kappa shape index (κ1) is 20.1. The molecule has 0 fully saturated rings. The molecule has 3 aromatic carbocycles. The fraction of sp³-hybridized carbons (Fsp3) is 0.158. The Morgan fingerprint density at radius 2 is 1.68 bits per heavy atom. The van der Waals surface area contributed by atoms with Crippen molar-refractivity contribution in [1.82, 2.24) is 0 Å². The molecule has 3 rings (SSSR count). The van der Waals surface area contributed by atoms with E-state index in [2.05, 4.69) is 5.32 Å². The number of hydrogen-bond donors (Lipinski definition) is 3. The van der Waals surface area contributed by atoms with Gasteiger partial charge in [0.25, 0.3) is 0 Å². The Labute approximate surface area is 159 Å². The van der Waals surface area contributed by atoms with Gasteiger partial charge in [0, 0.05) is 12.2 Å². The SMILES string of the molecule is NS(=O)(=O)c1ccc(NCC(O)c2ccc3ccccc3c2)cc1C(F)(F)F. The summed E-state index contributed by atoms with van der Waals surface area (Å²) in [6, 6.07) is 15.6. The van der Waals surface area contributed by atoms with Crippen LogP contribution in [0.5, 0.6) is 0 Å². The molecule has 0 aliphatic carbocycles. The van der Waals surface area contributed by atoms with Gasteiger partial charge in [0.1, 0.15) is 0 Å². The summed E-state index contributed by atoms with van der Waals surface area (Å²) >= 11 is 0. The van der Waals surface area contributed by atoms with E-state index < -0.39 is 32.8 Å². The Morgan fingerprint density at radius 1 is 1.00 bits per heavy atom. The summed E-state index contributed by atoms with van der Waals surface area (Å²) in [5.74, 6) is 0. The van der Waals surface area contributed by atoms with Gasteiger partial charge in [0.2, 0.25) is 10.0 Å². The van der Waals surface area contributed by atoms with Crippen LogP contribution in [0.3, 0.4) is 0 Å². The van der Waals surface area contributed by atoms with Crippen LogP contribution >= 0.6 is 0 Å². The van der Waals surface area contributed by atoms with E-state index in [4.69, 9.17) is 5.14 Å². The van der Waals surface area contributed by atoms with Crippen LogP contribution in [0, 0.1) is 0 Å². The van der Waals surface area contributed by atoms with Gasteiger partial charge in [-0.05, 0) is 40.6 Å². The lowest BCUT2D eigenvalue weighted by atomic mass is 10.0. The summed E-state index contributed by atoms with van der Waals surface area (Å²) in [7, 11) is -4.53. The lowest BCUT2D eigenvalue weighted by Gasteiger charge is -2.16. The molecule has 0 radical (unpaired) electrons. The third-order valence-electron chi connectivity index (χ3n) is 4.25. The van der Waals surface area contributed by atoms with Gasteiger partial charge in [-0.2, -0.15) is 13.2 Å². The van der Waals surface area contributed by atoms with E-state index in [1.165, 1.54) is 6.07 Å². The molecule has 4 N–H and O–H groups in total. The summed E-state index contributed by atoms with van der Waals surface area (Å²) in [4.78, 5) is -0.999. The average Bonchev–Trinajstić information content (AvgIpc) is 2.64. The number of anilines is 1. The van der Waals surface area contributed by atoms with Crippen molar-refractivity contribution in [2.45, 2.75) is 17.2 Å². The van der Waals surface area contributed by atoms with Crippen LogP contribution in [0.4, 0.5) is 18.9 Å². The second-order valence-corrected chi connectivity index (χ2v) is 7.79. The van der Waals surface area contributed by atoms with Crippen LogP contribution in [0.15, 0.2) is 65.6 Å². The van der Waals surface area contributed by atoms with Crippen molar-refractivity contribution < 1.29 is 26.7 Å². The van der Waals surface area contributed by atoms with Crippen molar-refractivity contribution in [1.29, 1.82) is 0 Å². The van der Waals surface area contributed by atoms with Crippen LogP contribution in [0.2, 0.25) is 0 Å². The van der Waals surface area contributed by atoms with Gasteiger partial charge < -0.3 is 10.4 Å². The van der Waals surface area contributed by atoms with Crippen LogP contribution < -0.4 is 10.5 Å². The molecule has 3 aromatic rings. The van der Waals surface area contributed by atoms with Crippen molar-refractivity contribution >= 4 is 26.5 Å². The maximum Gasteiger partial charge on any atom is 0.417 e. The lowest BCUT2D eigenvalue weighted by molar-refractivity contribution is -0.139. The molecule has 0 heterocycles. The Balaban J connectivity index is 1.81. The molecule has 28 heavy (non-hydrogen) atoms. The lowest BCUT2D eigenvalue weighted by Crippen LogP contribution is -2.20. The fourth-order valence-electron chi connectivity index (χ4n) is 2.86. The third-order valence-corrected chi connectivity index (χ3v) is 5.22. The number of hydrogen-bond acceptors (Lipinski definition) is 4. The molecule has 0 amide bonds. The van der Waals surface area contributed by atoms with Gasteiger partial charge in [-0.25, -0.2) is 13.6 Å². The zero-order valence-electron chi connectivity index (χ0n) is 14.4. The molecular weight excluding hydrogens is 393 g/mol. The number of halogens is 3. The maximum atomic E-state index is 13.2. The van der Waals surface area contributed by atoms with Crippen molar-refractivity contribution in [3.05, 3.63) is 71.8 Å². The van der Waals surface area contributed by atoms with Gasteiger partial charge in [0.05, 0.1) is 16.6 Å². The number of benzene rings is 3. The number of fused-ring (bicyclic) bond motifs is 1. The van der Waals surface area contributed by atoms with Gasteiger partial charge in [-0.1, -0.05) is 36.4 Å². The summed E-state index contributed by atoms with van der Waals surface area (Å²) in [6.45, 7) is -0.0651. The topological polar surface area (TPSA) is 92.4 Å². The van der Waals surface area contributed by atoms with E-state index in [1.54, 1.807) is 12.1 Å². The Morgan fingerprint density at radius 3 is 2.32 bits per heavy atom. The molecular formula is C19H17F3N2O3S. The van der Waals surface area contributed by atoms with Crippen molar-refractivity contribution in [3.63, 3.8) is 0 Å². The Kier molecular flexibility index (Phi) is 5.33. The first-order valence-corrected chi connectivity index (χ1v) is 9.75. The number of nitrogens with two attached hydrogens (primary N) is 1. The number of alkyl halides is 3. The van der Waals surface area contributed by atoms with Crippen molar-refractivity contribution in [3.8, 4) is 0 Å². The highest BCUT2D eigenvalue weighted by Crippen LogP contribution is 2.35. The van der Waals surface area contributed by atoms with Crippen LogP contribution in [0.1, 0.15) is 17.2 Å². The monoisotopic (exact) mass is 410 g/mol. The number of rotatable bonds is 5. The van der Waals surface area contributed by atoms with E-state index in [1.807, 2.05) is 30.3 Å². The smallest absolute Gasteiger partial charge is 0.387 e. The normalized spacial score (nSPS) is 13.5. The molecule has 0 saturated carbocycles. The van der Waals surface area contributed by atoms with E-state index in [0.29, 0.717) is 11.6 Å². The van der Waals surface area contributed by atoms with E-state index in [-0.39, 0.29) is 12.2 Å². The number of aliphatic hydroxyl groups is 1. The Bertz CT molecular complexity index is 1110.